The maximum Gasteiger partial charge on any atom is 0.223 e. The van der Waals surface area contributed by atoms with Crippen LogP contribution in [0.15, 0.2) is 22.7 Å². The average Bonchev–Trinajstić information content (AvgIpc) is 2.33. The fraction of sp³-hybridized carbons (Fsp3) is 0.500. The van der Waals surface area contributed by atoms with Gasteiger partial charge in [0.15, 0.2) is 0 Å². The molecule has 1 fully saturated rings. The van der Waals surface area contributed by atoms with Crippen molar-refractivity contribution in [2.24, 2.45) is 5.92 Å². The van der Waals surface area contributed by atoms with Crippen LogP contribution in [0.5, 0.6) is 0 Å². The summed E-state index contributed by atoms with van der Waals surface area (Å²) in [6.45, 7) is 4.51. The minimum atomic E-state index is -0.0154. The van der Waals surface area contributed by atoms with E-state index < -0.39 is 0 Å². The molecule has 0 radical (unpaired) electrons. The zero-order chi connectivity index (χ0) is 15.4. The molecule has 21 heavy (non-hydrogen) atoms. The minimum absolute atomic E-state index is 0.0154. The fourth-order valence-electron chi connectivity index (χ4n) is 2.47. The largest absolute Gasteiger partial charge is 0.354 e. The maximum absolute atomic E-state index is 11.9. The van der Waals surface area contributed by atoms with Crippen LogP contribution >= 0.6 is 15.9 Å². The van der Waals surface area contributed by atoms with E-state index >= 15 is 0 Å². The summed E-state index contributed by atoms with van der Waals surface area (Å²) in [5, 5.41) is 2.93. The Morgan fingerprint density at radius 1 is 1.38 bits per heavy atom. The topological polar surface area (TPSA) is 49.4 Å². The van der Waals surface area contributed by atoms with Crippen molar-refractivity contribution in [3.63, 3.8) is 0 Å². The lowest BCUT2D eigenvalue weighted by atomic mass is 9.85. The van der Waals surface area contributed by atoms with E-state index in [1.165, 1.54) is 0 Å². The smallest absolute Gasteiger partial charge is 0.223 e. The first kappa shape index (κ1) is 16.0. The highest BCUT2D eigenvalue weighted by atomic mass is 79.9. The molecule has 1 N–H and O–H groups in total. The van der Waals surface area contributed by atoms with Gasteiger partial charge in [0.05, 0.1) is 0 Å². The van der Waals surface area contributed by atoms with E-state index in [0.717, 1.165) is 35.0 Å². The Bertz CT molecular complexity index is 541. The first-order valence-corrected chi connectivity index (χ1v) is 8.10. The Balaban J connectivity index is 1.95. The number of carbonyl (C=O) groups excluding carboxylic acids is 2. The van der Waals surface area contributed by atoms with Crippen LogP contribution in [0.25, 0.3) is 0 Å². The first-order chi connectivity index (χ1) is 9.99. The van der Waals surface area contributed by atoms with Gasteiger partial charge in [0, 0.05) is 36.1 Å². The third-order valence-electron chi connectivity index (χ3n) is 3.94. The van der Waals surface area contributed by atoms with Crippen molar-refractivity contribution in [2.45, 2.75) is 33.1 Å². The number of aryl methyl sites for hydroxylation is 1. The number of benzene rings is 1. The maximum atomic E-state index is 11.9. The number of carbonyl (C=O) groups is 2. The minimum Gasteiger partial charge on any atom is -0.354 e. The average molecular weight is 353 g/mol. The van der Waals surface area contributed by atoms with Crippen LogP contribution in [0.2, 0.25) is 0 Å². The van der Waals surface area contributed by atoms with Gasteiger partial charge in [-0.1, -0.05) is 22.4 Å². The Labute approximate surface area is 134 Å². The second kappa shape index (κ2) is 7.07. The second-order valence-electron chi connectivity index (χ2n) is 5.52. The predicted molar refractivity (Wildman–Crippen MR) is 87.3 cm³/mol. The van der Waals surface area contributed by atoms with E-state index in [-0.39, 0.29) is 17.7 Å². The third-order valence-corrected chi connectivity index (χ3v) is 4.43. The molecule has 1 aromatic rings. The summed E-state index contributed by atoms with van der Waals surface area (Å²) in [6, 6.07) is 5.83. The van der Waals surface area contributed by atoms with Crippen LogP contribution in [0, 0.1) is 12.8 Å². The number of nitrogens with one attached hydrogen (secondary N) is 1. The molecule has 4 nitrogen and oxygen atoms in total. The summed E-state index contributed by atoms with van der Waals surface area (Å²) < 4.78 is 0.991. The lowest BCUT2D eigenvalue weighted by Gasteiger charge is -2.26. The van der Waals surface area contributed by atoms with Gasteiger partial charge < -0.3 is 10.2 Å². The van der Waals surface area contributed by atoms with Crippen LogP contribution in [-0.4, -0.2) is 24.9 Å². The van der Waals surface area contributed by atoms with Gasteiger partial charge in [-0.15, -0.1) is 0 Å². The molecule has 1 aliphatic rings. The predicted octanol–water partition coefficient (Wildman–Crippen LogP) is 3.03. The zero-order valence-electron chi connectivity index (χ0n) is 12.5. The van der Waals surface area contributed by atoms with Gasteiger partial charge in [-0.25, -0.2) is 0 Å². The molecule has 2 amide bonds. The molecule has 114 valence electrons. The van der Waals surface area contributed by atoms with E-state index in [1.54, 1.807) is 11.8 Å². The molecule has 0 unspecified atom stereocenters. The number of hydrogen-bond donors (Lipinski definition) is 1. The highest BCUT2D eigenvalue weighted by molar-refractivity contribution is 9.10. The van der Waals surface area contributed by atoms with E-state index in [9.17, 15) is 9.59 Å². The van der Waals surface area contributed by atoms with Crippen LogP contribution in [0.1, 0.15) is 31.7 Å². The molecule has 0 spiro atoms. The molecule has 0 saturated heterocycles. The molecule has 0 bridgehead atoms. The number of nitrogens with zero attached hydrogens (tertiary/aromatic N) is 1. The molecule has 1 saturated carbocycles. The molecular weight excluding hydrogens is 332 g/mol. The second-order valence-corrected chi connectivity index (χ2v) is 6.44. The van der Waals surface area contributed by atoms with Gasteiger partial charge in [-0.05, 0) is 43.5 Å². The lowest BCUT2D eigenvalue weighted by molar-refractivity contribution is -0.127. The lowest BCUT2D eigenvalue weighted by Crippen LogP contribution is -2.41. The quantitative estimate of drug-likeness (QED) is 0.885. The summed E-state index contributed by atoms with van der Waals surface area (Å²) in [6.07, 6.45) is 3.14. The number of hydrogen-bond acceptors (Lipinski definition) is 2. The summed E-state index contributed by atoms with van der Waals surface area (Å²) in [5.74, 6) is 0.292. The fourth-order valence-corrected chi connectivity index (χ4v) is 2.95. The number of anilines is 1. The SMILES string of the molecule is CC(=O)N(CCNC(=O)C1CCC1)c1ccc(Br)cc1C. The molecule has 5 heteroatoms. The van der Waals surface area contributed by atoms with Crippen molar-refractivity contribution in [1.82, 2.24) is 5.32 Å². The summed E-state index contributed by atoms with van der Waals surface area (Å²) in [5.41, 5.74) is 1.92. The molecule has 2 rings (SSSR count). The van der Waals surface area contributed by atoms with Crippen molar-refractivity contribution in [3.05, 3.63) is 28.2 Å². The Hall–Kier alpha value is -1.36. The van der Waals surface area contributed by atoms with Gasteiger partial charge >= 0.3 is 0 Å². The third kappa shape index (κ3) is 4.06. The Morgan fingerprint density at radius 3 is 2.62 bits per heavy atom. The molecule has 0 heterocycles. The molecule has 1 aliphatic carbocycles. The van der Waals surface area contributed by atoms with Crippen molar-refractivity contribution in [1.29, 1.82) is 0 Å². The molecule has 0 atom stereocenters. The first-order valence-electron chi connectivity index (χ1n) is 7.31. The Morgan fingerprint density at radius 2 is 2.10 bits per heavy atom. The van der Waals surface area contributed by atoms with E-state index in [0.29, 0.717) is 13.1 Å². The standard InChI is InChI=1S/C16H21BrN2O2/c1-11-10-14(17)6-7-15(11)19(12(2)20)9-8-18-16(21)13-4-3-5-13/h6-7,10,13H,3-5,8-9H2,1-2H3,(H,18,21). The van der Waals surface area contributed by atoms with Gasteiger partial charge in [0.1, 0.15) is 0 Å². The Kier molecular flexibility index (Phi) is 5.39. The van der Waals surface area contributed by atoms with E-state index in [4.69, 9.17) is 0 Å². The van der Waals surface area contributed by atoms with Gasteiger partial charge in [0.2, 0.25) is 11.8 Å². The normalized spacial score (nSPS) is 14.4. The van der Waals surface area contributed by atoms with Crippen LogP contribution < -0.4 is 10.2 Å². The molecule has 1 aromatic carbocycles. The monoisotopic (exact) mass is 352 g/mol. The molecule has 0 aliphatic heterocycles. The van der Waals surface area contributed by atoms with E-state index in [2.05, 4.69) is 21.2 Å². The summed E-state index contributed by atoms with van der Waals surface area (Å²) in [7, 11) is 0. The summed E-state index contributed by atoms with van der Waals surface area (Å²) in [4.78, 5) is 25.4. The molecular formula is C16H21BrN2O2. The number of rotatable bonds is 5. The highest BCUT2D eigenvalue weighted by Gasteiger charge is 2.25. The van der Waals surface area contributed by atoms with Gasteiger partial charge in [-0.2, -0.15) is 0 Å². The van der Waals surface area contributed by atoms with Crippen LogP contribution in [0.4, 0.5) is 5.69 Å². The van der Waals surface area contributed by atoms with Gasteiger partial charge in [-0.3, -0.25) is 9.59 Å². The number of amides is 2. The van der Waals surface area contributed by atoms with Crippen LogP contribution in [-0.2, 0) is 9.59 Å². The zero-order valence-corrected chi connectivity index (χ0v) is 14.1. The van der Waals surface area contributed by atoms with Crippen molar-refractivity contribution < 1.29 is 9.59 Å². The highest BCUT2D eigenvalue weighted by Crippen LogP contribution is 2.26. The van der Waals surface area contributed by atoms with Crippen LogP contribution in [0.3, 0.4) is 0 Å². The van der Waals surface area contributed by atoms with Crippen molar-refractivity contribution in [3.8, 4) is 0 Å². The van der Waals surface area contributed by atoms with Gasteiger partial charge in [0.25, 0.3) is 0 Å². The molecule has 0 aromatic heterocycles. The van der Waals surface area contributed by atoms with E-state index in [1.807, 2.05) is 25.1 Å². The van der Waals surface area contributed by atoms with Crippen molar-refractivity contribution in [2.75, 3.05) is 18.0 Å². The number of halogens is 1. The summed E-state index contributed by atoms with van der Waals surface area (Å²) >= 11 is 3.42. The van der Waals surface area contributed by atoms with Crippen molar-refractivity contribution >= 4 is 33.4 Å².